The molecule has 9 nitrogen and oxygen atoms in total. The first-order chi connectivity index (χ1) is 8.90. The van der Waals surface area contributed by atoms with Gasteiger partial charge < -0.3 is 15.1 Å². The van der Waals surface area contributed by atoms with Crippen LogP contribution in [0.3, 0.4) is 0 Å². The van der Waals surface area contributed by atoms with Crippen LogP contribution in [0.25, 0.3) is 0 Å². The molecule has 1 saturated heterocycles. The maximum absolute atomic E-state index is 11.5. The summed E-state index contributed by atoms with van der Waals surface area (Å²) in [5, 5.41) is 24.9. The molecule has 0 aromatic heterocycles. The van der Waals surface area contributed by atoms with Crippen molar-refractivity contribution in [2.24, 2.45) is 11.2 Å². The van der Waals surface area contributed by atoms with Gasteiger partial charge in [0.1, 0.15) is 0 Å². The number of hydrogen-bond acceptors (Lipinski definition) is 6. The summed E-state index contributed by atoms with van der Waals surface area (Å²) >= 11 is 0. The van der Waals surface area contributed by atoms with E-state index in [2.05, 4.69) is 14.9 Å². The summed E-state index contributed by atoms with van der Waals surface area (Å²) in [6.07, 6.45) is -0.197. The Hall–Kier alpha value is -2.06. The van der Waals surface area contributed by atoms with Crippen LogP contribution in [0.4, 0.5) is 0 Å². The minimum absolute atomic E-state index is 0.248. The lowest BCUT2D eigenvalue weighted by Crippen LogP contribution is -2.40. The van der Waals surface area contributed by atoms with E-state index in [-0.39, 0.29) is 18.1 Å². The van der Waals surface area contributed by atoms with Gasteiger partial charge in [-0.2, -0.15) is 0 Å². The fraction of sp³-hybridized carbons (Fsp3) is 0.800. The van der Waals surface area contributed by atoms with Crippen LogP contribution in [-0.2, 0) is 19.2 Å². The molecule has 1 aliphatic heterocycles. The molecular formula is C10H17N3O6. The highest BCUT2D eigenvalue weighted by Crippen LogP contribution is 2.17. The summed E-state index contributed by atoms with van der Waals surface area (Å²) in [6, 6.07) is 0. The van der Waals surface area contributed by atoms with Gasteiger partial charge in [-0.1, -0.05) is 0 Å². The van der Waals surface area contributed by atoms with Gasteiger partial charge in [0.15, 0.2) is 0 Å². The first-order valence-corrected chi connectivity index (χ1v) is 5.89. The van der Waals surface area contributed by atoms with Crippen LogP contribution in [0.2, 0.25) is 0 Å². The summed E-state index contributed by atoms with van der Waals surface area (Å²) < 4.78 is 4.62. The van der Waals surface area contributed by atoms with Gasteiger partial charge in [0.2, 0.25) is 5.28 Å². The molecule has 9 heteroatoms. The standard InChI is InChI=1S/C10H17N3O6/c1-7(14)18-8(2)19-11-13(17)12-5-3-9(4-6-12)10(15)16/h8-9H,3-6H2,1-2H3,(H,15,16)/b13-11+. The Kier molecular flexibility index (Phi) is 5.34. The van der Waals surface area contributed by atoms with Gasteiger partial charge in [-0.25, -0.2) is 0 Å². The van der Waals surface area contributed by atoms with Crippen LogP contribution < -0.4 is 0 Å². The van der Waals surface area contributed by atoms with E-state index in [9.17, 15) is 14.8 Å². The van der Waals surface area contributed by atoms with Crippen LogP contribution in [0.5, 0.6) is 0 Å². The van der Waals surface area contributed by atoms with E-state index in [1.165, 1.54) is 18.9 Å². The Morgan fingerprint density at radius 1 is 1.47 bits per heavy atom. The van der Waals surface area contributed by atoms with Crippen LogP contribution in [-0.4, -0.2) is 46.4 Å². The normalized spacial score (nSPS) is 18.8. The van der Waals surface area contributed by atoms with E-state index >= 15 is 0 Å². The van der Waals surface area contributed by atoms with Gasteiger partial charge in [-0.15, -0.1) is 5.01 Å². The number of carbonyl (C=O) groups excluding carboxylic acids is 1. The van der Waals surface area contributed by atoms with Crippen molar-refractivity contribution in [3.8, 4) is 0 Å². The average Bonchev–Trinajstić information content (AvgIpc) is 2.35. The predicted octanol–water partition coefficient (Wildman–Crippen LogP) is 0.501. The first-order valence-electron chi connectivity index (χ1n) is 5.89. The zero-order valence-electron chi connectivity index (χ0n) is 10.8. The summed E-state index contributed by atoms with van der Waals surface area (Å²) in [4.78, 5) is 26.3. The number of ether oxygens (including phenoxy) is 1. The largest absolute Gasteiger partial charge is 0.569 e. The van der Waals surface area contributed by atoms with E-state index in [1.807, 2.05) is 0 Å². The first kappa shape index (κ1) is 15.0. The Morgan fingerprint density at radius 2 is 2.05 bits per heavy atom. The number of hydrazine groups is 1. The highest BCUT2D eigenvalue weighted by atomic mass is 16.8. The molecule has 108 valence electrons. The monoisotopic (exact) mass is 275 g/mol. The molecule has 0 radical (unpaired) electrons. The minimum Gasteiger partial charge on any atom is -0.569 e. The molecule has 1 fully saturated rings. The average molecular weight is 275 g/mol. The smallest absolute Gasteiger partial charge is 0.306 e. The zero-order valence-corrected chi connectivity index (χ0v) is 10.8. The highest BCUT2D eigenvalue weighted by molar-refractivity contribution is 5.70. The maximum Gasteiger partial charge on any atom is 0.306 e. The number of carbonyl (C=O) groups is 2. The van der Waals surface area contributed by atoms with E-state index in [0.717, 1.165) is 0 Å². The summed E-state index contributed by atoms with van der Waals surface area (Å²) in [6.45, 7) is 3.21. The molecule has 1 N–H and O–H groups in total. The van der Waals surface area contributed by atoms with Crippen molar-refractivity contribution >= 4 is 11.9 Å². The lowest BCUT2D eigenvalue weighted by Gasteiger charge is -2.25. The van der Waals surface area contributed by atoms with Crippen molar-refractivity contribution in [1.29, 1.82) is 0 Å². The van der Waals surface area contributed by atoms with Crippen LogP contribution in [0.1, 0.15) is 26.7 Å². The SMILES string of the molecule is CC(=O)OC(C)O/N=[N+](/[O-])N1CCC(C(=O)O)CC1. The number of piperidine rings is 1. The number of hydrogen-bond donors (Lipinski definition) is 1. The third-order valence-corrected chi connectivity index (χ3v) is 2.66. The number of esters is 1. The van der Waals surface area contributed by atoms with Gasteiger partial charge in [-0.3, -0.25) is 14.4 Å². The quantitative estimate of drug-likeness (QED) is 0.255. The van der Waals surface area contributed by atoms with E-state index in [4.69, 9.17) is 5.11 Å². The molecule has 0 aromatic carbocycles. The molecule has 0 saturated carbocycles. The molecule has 1 atom stereocenters. The summed E-state index contributed by atoms with van der Waals surface area (Å²) in [5.41, 5.74) is 0. The van der Waals surface area contributed by atoms with Gasteiger partial charge in [0.05, 0.1) is 24.0 Å². The molecule has 1 unspecified atom stereocenters. The summed E-state index contributed by atoms with van der Waals surface area (Å²) in [7, 11) is 0. The van der Waals surface area contributed by atoms with Crippen molar-refractivity contribution in [1.82, 2.24) is 5.01 Å². The van der Waals surface area contributed by atoms with Crippen LogP contribution in [0.15, 0.2) is 5.28 Å². The third-order valence-electron chi connectivity index (χ3n) is 2.66. The Labute approximate surface area is 109 Å². The second-order valence-corrected chi connectivity index (χ2v) is 4.18. The van der Waals surface area contributed by atoms with Crippen molar-refractivity contribution < 1.29 is 29.2 Å². The van der Waals surface area contributed by atoms with Gasteiger partial charge in [-0.05, 0) is 12.8 Å². The zero-order chi connectivity index (χ0) is 14.4. The predicted molar refractivity (Wildman–Crippen MR) is 60.3 cm³/mol. The van der Waals surface area contributed by atoms with Crippen molar-refractivity contribution in [3.63, 3.8) is 0 Å². The Balaban J connectivity index is 2.39. The Morgan fingerprint density at radius 3 is 2.53 bits per heavy atom. The Bertz CT molecular complexity index is 364. The topological polar surface area (TPSA) is 114 Å². The molecule has 0 aliphatic carbocycles. The highest BCUT2D eigenvalue weighted by Gasteiger charge is 2.28. The van der Waals surface area contributed by atoms with Crippen LogP contribution >= 0.6 is 0 Å². The minimum atomic E-state index is -0.953. The van der Waals surface area contributed by atoms with Gasteiger partial charge in [0.25, 0.3) is 6.29 Å². The fourth-order valence-corrected chi connectivity index (χ4v) is 1.70. The molecule has 0 bridgehead atoms. The van der Waals surface area contributed by atoms with Gasteiger partial charge in [0, 0.05) is 13.8 Å². The van der Waals surface area contributed by atoms with Crippen LogP contribution in [0, 0.1) is 11.1 Å². The molecule has 1 heterocycles. The molecule has 0 amide bonds. The number of aliphatic carboxylic acids is 1. The van der Waals surface area contributed by atoms with E-state index < -0.39 is 24.1 Å². The lowest BCUT2D eigenvalue weighted by molar-refractivity contribution is -0.715. The molecule has 1 aliphatic rings. The summed E-state index contributed by atoms with van der Waals surface area (Å²) in [5.74, 6) is -1.82. The second-order valence-electron chi connectivity index (χ2n) is 4.18. The van der Waals surface area contributed by atoms with Gasteiger partial charge >= 0.3 is 11.9 Å². The van der Waals surface area contributed by atoms with Crippen molar-refractivity contribution in [2.75, 3.05) is 13.1 Å². The molecule has 0 spiro atoms. The lowest BCUT2D eigenvalue weighted by atomic mass is 9.98. The molecular weight excluding hydrogens is 258 g/mol. The van der Waals surface area contributed by atoms with E-state index in [0.29, 0.717) is 12.8 Å². The number of carboxylic acid groups (broad SMARTS) is 1. The third kappa shape index (κ3) is 4.98. The van der Waals surface area contributed by atoms with E-state index in [1.54, 1.807) is 0 Å². The number of carboxylic acids is 1. The van der Waals surface area contributed by atoms with Crippen molar-refractivity contribution in [2.45, 2.75) is 33.0 Å². The molecule has 19 heavy (non-hydrogen) atoms. The fourth-order valence-electron chi connectivity index (χ4n) is 1.70. The van der Waals surface area contributed by atoms with Crippen molar-refractivity contribution in [3.05, 3.63) is 5.21 Å². The number of rotatable bonds is 5. The molecule has 0 aromatic rings. The second kappa shape index (κ2) is 6.76. The number of nitrogens with zero attached hydrogens (tertiary/aromatic N) is 3. The maximum atomic E-state index is 11.5. The molecule has 1 rings (SSSR count).